The number of nitrogens with zero attached hydrogens (tertiary/aromatic N) is 1. The van der Waals surface area contributed by atoms with E-state index in [2.05, 4.69) is 10.2 Å². The molecule has 3 N–H and O–H groups in total. The number of anilines is 1. The third kappa shape index (κ3) is 4.44. The first-order valence-corrected chi connectivity index (χ1v) is 7.48. The Morgan fingerprint density at radius 3 is 2.81 bits per heavy atom. The molecular formula is C16H25N3O2. The number of ether oxygens (including phenoxy) is 1. The largest absolute Gasteiger partial charge is 0.399 e. The smallest absolute Gasteiger partial charge is 0.251 e. The number of methoxy groups -OCH3 is 1. The van der Waals surface area contributed by atoms with Gasteiger partial charge in [-0.3, -0.25) is 4.79 Å². The third-order valence-electron chi connectivity index (χ3n) is 4.04. The van der Waals surface area contributed by atoms with E-state index < -0.39 is 0 Å². The van der Waals surface area contributed by atoms with Gasteiger partial charge in [-0.1, -0.05) is 6.07 Å². The van der Waals surface area contributed by atoms with Gasteiger partial charge >= 0.3 is 0 Å². The molecular weight excluding hydrogens is 266 g/mol. The number of aryl methyl sites for hydroxylation is 1. The summed E-state index contributed by atoms with van der Waals surface area (Å²) >= 11 is 0. The standard InChI is InChI=1S/C16H25N3O2/c1-12-3-4-13(17)11-15(12)16(20)18-14-5-7-19(8-6-14)9-10-21-2/h3-4,11,14H,5-10,17H2,1-2H3,(H,18,20). The Bertz CT molecular complexity index is 482. The lowest BCUT2D eigenvalue weighted by molar-refractivity contribution is 0.0892. The molecule has 21 heavy (non-hydrogen) atoms. The summed E-state index contributed by atoms with van der Waals surface area (Å²) in [6.07, 6.45) is 1.97. The number of nitrogens with one attached hydrogen (secondary N) is 1. The number of likely N-dealkylation sites (tertiary alicyclic amines) is 1. The molecule has 1 saturated heterocycles. The first kappa shape index (κ1) is 15.8. The number of carbonyl (C=O) groups is 1. The summed E-state index contributed by atoms with van der Waals surface area (Å²) in [6.45, 7) is 5.67. The molecule has 1 aliphatic rings. The van der Waals surface area contributed by atoms with Gasteiger partial charge in [0.25, 0.3) is 5.91 Å². The average Bonchev–Trinajstić information content (AvgIpc) is 2.49. The van der Waals surface area contributed by atoms with Gasteiger partial charge < -0.3 is 20.7 Å². The number of piperidine rings is 1. The summed E-state index contributed by atoms with van der Waals surface area (Å²) in [5.41, 5.74) is 8.02. The van der Waals surface area contributed by atoms with E-state index >= 15 is 0 Å². The van der Waals surface area contributed by atoms with E-state index in [-0.39, 0.29) is 11.9 Å². The molecule has 0 spiro atoms. The van der Waals surface area contributed by atoms with E-state index in [4.69, 9.17) is 10.5 Å². The highest BCUT2D eigenvalue weighted by atomic mass is 16.5. The van der Waals surface area contributed by atoms with Crippen LogP contribution >= 0.6 is 0 Å². The monoisotopic (exact) mass is 291 g/mol. The van der Waals surface area contributed by atoms with Gasteiger partial charge in [0, 0.05) is 44.0 Å². The zero-order chi connectivity index (χ0) is 15.2. The second kappa shape index (κ2) is 7.43. The van der Waals surface area contributed by atoms with Crippen molar-refractivity contribution in [2.45, 2.75) is 25.8 Å². The molecule has 1 aliphatic heterocycles. The molecule has 2 rings (SSSR count). The Hall–Kier alpha value is -1.59. The zero-order valence-corrected chi connectivity index (χ0v) is 12.9. The molecule has 0 saturated carbocycles. The summed E-state index contributed by atoms with van der Waals surface area (Å²) in [6, 6.07) is 5.70. The molecule has 0 radical (unpaired) electrons. The normalized spacial score (nSPS) is 16.9. The Morgan fingerprint density at radius 2 is 2.14 bits per heavy atom. The van der Waals surface area contributed by atoms with Crippen molar-refractivity contribution < 1.29 is 9.53 Å². The minimum Gasteiger partial charge on any atom is -0.399 e. The summed E-state index contributed by atoms with van der Waals surface area (Å²) in [4.78, 5) is 14.7. The minimum atomic E-state index is -0.0184. The molecule has 1 fully saturated rings. The van der Waals surface area contributed by atoms with Crippen LogP contribution in [0.5, 0.6) is 0 Å². The van der Waals surface area contributed by atoms with Crippen LogP contribution < -0.4 is 11.1 Å². The second-order valence-electron chi connectivity index (χ2n) is 5.66. The van der Waals surface area contributed by atoms with Gasteiger partial charge in [0.1, 0.15) is 0 Å². The van der Waals surface area contributed by atoms with E-state index in [1.165, 1.54) is 0 Å². The van der Waals surface area contributed by atoms with Crippen LogP contribution in [0.25, 0.3) is 0 Å². The Kier molecular flexibility index (Phi) is 5.59. The van der Waals surface area contributed by atoms with Gasteiger partial charge in [-0.15, -0.1) is 0 Å². The molecule has 1 heterocycles. The van der Waals surface area contributed by atoms with Crippen molar-refractivity contribution in [3.8, 4) is 0 Å². The van der Waals surface area contributed by atoms with Crippen LogP contribution in [0.1, 0.15) is 28.8 Å². The molecule has 0 aliphatic carbocycles. The second-order valence-corrected chi connectivity index (χ2v) is 5.66. The number of benzene rings is 1. The van der Waals surface area contributed by atoms with Crippen molar-refractivity contribution in [2.75, 3.05) is 39.1 Å². The molecule has 0 atom stereocenters. The Morgan fingerprint density at radius 1 is 1.43 bits per heavy atom. The van der Waals surface area contributed by atoms with Crippen molar-refractivity contribution in [1.29, 1.82) is 0 Å². The predicted molar refractivity (Wildman–Crippen MR) is 84.4 cm³/mol. The number of rotatable bonds is 5. The van der Waals surface area contributed by atoms with E-state index in [0.717, 1.165) is 44.6 Å². The lowest BCUT2D eigenvalue weighted by Gasteiger charge is -2.32. The molecule has 1 amide bonds. The van der Waals surface area contributed by atoms with Crippen molar-refractivity contribution >= 4 is 11.6 Å². The van der Waals surface area contributed by atoms with Crippen LogP contribution in [0.15, 0.2) is 18.2 Å². The number of hydrogen-bond acceptors (Lipinski definition) is 4. The predicted octanol–water partition coefficient (Wildman–Crippen LogP) is 1.42. The van der Waals surface area contributed by atoms with Gasteiger partial charge in [-0.25, -0.2) is 0 Å². The highest BCUT2D eigenvalue weighted by Gasteiger charge is 2.21. The highest BCUT2D eigenvalue weighted by molar-refractivity contribution is 5.96. The fourth-order valence-electron chi connectivity index (χ4n) is 2.67. The fraction of sp³-hybridized carbons (Fsp3) is 0.562. The van der Waals surface area contributed by atoms with Gasteiger partial charge in [0.2, 0.25) is 0 Å². The van der Waals surface area contributed by atoms with Gasteiger partial charge in [0.15, 0.2) is 0 Å². The molecule has 5 heteroatoms. The Labute approximate surface area is 126 Å². The topological polar surface area (TPSA) is 67.6 Å². The van der Waals surface area contributed by atoms with Crippen molar-refractivity contribution in [2.24, 2.45) is 0 Å². The number of carbonyl (C=O) groups excluding carboxylic acids is 1. The minimum absolute atomic E-state index is 0.0184. The Balaban J connectivity index is 1.85. The zero-order valence-electron chi connectivity index (χ0n) is 12.9. The summed E-state index contributed by atoms with van der Waals surface area (Å²) in [5.74, 6) is -0.0184. The fourth-order valence-corrected chi connectivity index (χ4v) is 2.67. The van der Waals surface area contributed by atoms with E-state index in [1.807, 2.05) is 19.1 Å². The van der Waals surface area contributed by atoms with Crippen LogP contribution in [0.4, 0.5) is 5.69 Å². The highest BCUT2D eigenvalue weighted by Crippen LogP contribution is 2.15. The maximum atomic E-state index is 12.3. The number of amides is 1. The van der Waals surface area contributed by atoms with Crippen molar-refractivity contribution in [1.82, 2.24) is 10.2 Å². The van der Waals surface area contributed by atoms with Crippen LogP contribution in [-0.2, 0) is 4.74 Å². The first-order chi connectivity index (χ1) is 10.1. The summed E-state index contributed by atoms with van der Waals surface area (Å²) in [5, 5.41) is 3.13. The molecule has 116 valence electrons. The third-order valence-corrected chi connectivity index (χ3v) is 4.04. The molecule has 0 bridgehead atoms. The summed E-state index contributed by atoms with van der Waals surface area (Å²) in [7, 11) is 1.72. The SMILES string of the molecule is COCCN1CCC(NC(=O)c2cc(N)ccc2C)CC1. The quantitative estimate of drug-likeness (QED) is 0.805. The lowest BCUT2D eigenvalue weighted by atomic mass is 10.0. The van der Waals surface area contributed by atoms with Gasteiger partial charge in [-0.05, 0) is 37.5 Å². The van der Waals surface area contributed by atoms with Gasteiger partial charge in [-0.2, -0.15) is 0 Å². The number of nitrogen functional groups attached to an aromatic ring is 1. The maximum Gasteiger partial charge on any atom is 0.251 e. The molecule has 0 unspecified atom stereocenters. The number of nitrogens with two attached hydrogens (primary N) is 1. The number of hydrogen-bond donors (Lipinski definition) is 2. The van der Waals surface area contributed by atoms with Crippen LogP contribution in [0.3, 0.4) is 0 Å². The van der Waals surface area contributed by atoms with Crippen LogP contribution in [-0.4, -0.2) is 50.2 Å². The molecule has 5 nitrogen and oxygen atoms in total. The lowest BCUT2D eigenvalue weighted by Crippen LogP contribution is -2.45. The first-order valence-electron chi connectivity index (χ1n) is 7.48. The van der Waals surface area contributed by atoms with Gasteiger partial charge in [0.05, 0.1) is 6.61 Å². The van der Waals surface area contributed by atoms with Crippen molar-refractivity contribution in [3.05, 3.63) is 29.3 Å². The summed E-state index contributed by atoms with van der Waals surface area (Å²) < 4.78 is 5.09. The van der Waals surface area contributed by atoms with Crippen LogP contribution in [0.2, 0.25) is 0 Å². The molecule has 1 aromatic carbocycles. The average molecular weight is 291 g/mol. The molecule has 0 aromatic heterocycles. The van der Waals surface area contributed by atoms with Crippen molar-refractivity contribution in [3.63, 3.8) is 0 Å². The molecule has 1 aromatic rings. The van der Waals surface area contributed by atoms with E-state index in [9.17, 15) is 4.79 Å². The van der Waals surface area contributed by atoms with Crippen LogP contribution in [0, 0.1) is 6.92 Å². The maximum absolute atomic E-state index is 12.3. The van der Waals surface area contributed by atoms with E-state index in [0.29, 0.717) is 11.3 Å². The van der Waals surface area contributed by atoms with E-state index in [1.54, 1.807) is 13.2 Å².